The van der Waals surface area contributed by atoms with Crippen LogP contribution in [-0.2, 0) is 0 Å². The second-order valence-electron chi connectivity index (χ2n) is 15.0. The normalized spacial score (nSPS) is 12.2. The summed E-state index contributed by atoms with van der Waals surface area (Å²) in [4.78, 5) is 4.69. The first-order valence-corrected chi connectivity index (χ1v) is 20.7. The summed E-state index contributed by atoms with van der Waals surface area (Å²) >= 11 is 1.84. The number of fused-ring (bicyclic) bond motifs is 8. The highest BCUT2D eigenvalue weighted by Crippen LogP contribution is 2.53. The van der Waals surface area contributed by atoms with Crippen molar-refractivity contribution >= 4 is 87.4 Å². The van der Waals surface area contributed by atoms with Gasteiger partial charge in [-0.05, 0) is 102 Å². The van der Waals surface area contributed by atoms with E-state index < -0.39 is 0 Å². The number of rotatable bonds is 6. The van der Waals surface area contributed by atoms with Crippen LogP contribution in [-0.4, -0.2) is 4.57 Å². The van der Waals surface area contributed by atoms with Gasteiger partial charge in [-0.15, -0.1) is 11.3 Å². The van der Waals surface area contributed by atoms with Crippen molar-refractivity contribution < 1.29 is 4.74 Å². The summed E-state index contributed by atoms with van der Waals surface area (Å²) in [5.74, 6) is 1.62. The molecule has 0 amide bonds. The molecule has 0 bridgehead atoms. The van der Waals surface area contributed by atoms with Gasteiger partial charge in [0.2, 0.25) is 0 Å². The molecule has 0 saturated carbocycles. The Morgan fingerprint density at radius 1 is 0.373 bits per heavy atom. The average molecular weight is 774 g/mol. The van der Waals surface area contributed by atoms with Crippen molar-refractivity contribution in [2.45, 2.75) is 0 Å². The number of ether oxygens (including phenoxy) is 1. The van der Waals surface area contributed by atoms with Crippen molar-refractivity contribution in [2.75, 3.05) is 9.80 Å². The Labute approximate surface area is 345 Å². The molecule has 0 N–H and O–H groups in total. The summed E-state index contributed by atoms with van der Waals surface area (Å²) in [6.07, 6.45) is 0. The Hall–Kier alpha value is -7.60. The smallest absolute Gasteiger partial charge is 0.153 e. The van der Waals surface area contributed by atoms with Crippen LogP contribution in [0.1, 0.15) is 0 Å². The molecule has 0 atom stereocenters. The molecule has 59 heavy (non-hydrogen) atoms. The number of para-hydroxylation sites is 4. The molecule has 1 aliphatic heterocycles. The van der Waals surface area contributed by atoms with Crippen LogP contribution in [0.25, 0.3) is 58.8 Å². The number of aromatic nitrogens is 1. The lowest BCUT2D eigenvalue weighted by Crippen LogP contribution is -2.17. The van der Waals surface area contributed by atoms with Gasteiger partial charge in [-0.1, -0.05) is 115 Å². The van der Waals surface area contributed by atoms with Gasteiger partial charge in [-0.2, -0.15) is 0 Å². The standard InChI is InChI=1S/C54H35N3OS/c1-3-13-36(14-4-1)37-23-25-39(26-24-37)55(40-28-31-48-46(33-40)43-17-7-9-19-47(43)56(48)38-15-5-2-6-16-38)41-29-32-50-52(34-41)58-51-21-11-10-20-49(51)57(50)42-27-30-45-44-18-8-12-22-53(44)59-54(45)35-42/h1-35H. The van der Waals surface area contributed by atoms with E-state index in [1.807, 2.05) is 17.4 Å². The Balaban J connectivity index is 1.03. The topological polar surface area (TPSA) is 20.6 Å². The highest BCUT2D eigenvalue weighted by Gasteiger charge is 2.28. The summed E-state index contributed by atoms with van der Waals surface area (Å²) in [5.41, 5.74) is 12.1. The predicted molar refractivity (Wildman–Crippen MR) is 249 cm³/mol. The molecule has 9 aromatic carbocycles. The Morgan fingerprint density at radius 2 is 1.00 bits per heavy atom. The molecule has 0 saturated heterocycles. The van der Waals surface area contributed by atoms with Crippen LogP contribution < -0.4 is 14.5 Å². The van der Waals surface area contributed by atoms with E-state index in [0.717, 1.165) is 56.8 Å². The van der Waals surface area contributed by atoms with E-state index in [1.54, 1.807) is 0 Å². The minimum absolute atomic E-state index is 0.797. The zero-order valence-corrected chi connectivity index (χ0v) is 32.7. The van der Waals surface area contributed by atoms with Crippen LogP contribution in [0.4, 0.5) is 34.1 Å². The third kappa shape index (κ3) is 5.51. The van der Waals surface area contributed by atoms with Gasteiger partial charge in [0.1, 0.15) is 0 Å². The molecule has 2 aromatic heterocycles. The molecule has 0 spiro atoms. The van der Waals surface area contributed by atoms with Crippen molar-refractivity contribution in [2.24, 2.45) is 0 Å². The van der Waals surface area contributed by atoms with E-state index >= 15 is 0 Å². The van der Waals surface area contributed by atoms with Crippen LogP contribution in [0, 0.1) is 0 Å². The quantitative estimate of drug-likeness (QED) is 0.168. The van der Waals surface area contributed by atoms with Crippen molar-refractivity contribution in [1.29, 1.82) is 0 Å². The fraction of sp³-hybridized carbons (Fsp3) is 0. The number of thiophene rings is 1. The summed E-state index contributed by atoms with van der Waals surface area (Å²) in [5, 5.41) is 4.98. The summed E-state index contributed by atoms with van der Waals surface area (Å²) < 4.78 is 11.7. The van der Waals surface area contributed by atoms with Crippen LogP contribution in [0.15, 0.2) is 212 Å². The van der Waals surface area contributed by atoms with Gasteiger partial charge in [0.25, 0.3) is 0 Å². The predicted octanol–water partition coefficient (Wildman–Crippen LogP) is 15.9. The number of anilines is 6. The molecular formula is C54H35N3OS. The monoisotopic (exact) mass is 773 g/mol. The van der Waals surface area contributed by atoms with Crippen molar-refractivity contribution in [3.8, 4) is 28.3 Å². The van der Waals surface area contributed by atoms with Gasteiger partial charge in [-0.3, -0.25) is 0 Å². The number of hydrogen-bond donors (Lipinski definition) is 0. The molecule has 12 rings (SSSR count). The molecule has 278 valence electrons. The lowest BCUT2D eigenvalue weighted by Gasteiger charge is -2.34. The van der Waals surface area contributed by atoms with E-state index in [2.05, 4.69) is 221 Å². The third-order valence-corrected chi connectivity index (χ3v) is 12.7. The molecular weight excluding hydrogens is 739 g/mol. The van der Waals surface area contributed by atoms with Gasteiger partial charge >= 0.3 is 0 Å². The minimum atomic E-state index is 0.797. The van der Waals surface area contributed by atoms with Crippen LogP contribution in [0.2, 0.25) is 0 Å². The Kier molecular flexibility index (Phi) is 7.68. The second kappa shape index (κ2) is 13.5. The molecule has 0 radical (unpaired) electrons. The van der Waals surface area contributed by atoms with Crippen molar-refractivity contribution in [3.05, 3.63) is 212 Å². The third-order valence-electron chi connectivity index (χ3n) is 11.6. The number of hydrogen-bond acceptors (Lipinski definition) is 4. The van der Waals surface area contributed by atoms with Crippen LogP contribution >= 0.6 is 11.3 Å². The summed E-state index contributed by atoms with van der Waals surface area (Å²) in [6, 6.07) is 76.1. The summed E-state index contributed by atoms with van der Waals surface area (Å²) in [6.45, 7) is 0. The molecule has 4 nitrogen and oxygen atoms in total. The Bertz CT molecular complexity index is 3370. The van der Waals surface area contributed by atoms with E-state index in [-0.39, 0.29) is 0 Å². The maximum Gasteiger partial charge on any atom is 0.153 e. The zero-order chi connectivity index (χ0) is 38.9. The SMILES string of the molecule is c1ccc(-c2ccc(N(c3ccc4c(c3)Oc3ccccc3N4c3ccc4c(c3)sc3ccccc34)c3ccc4c(c3)c3ccccc3n4-c3ccccc3)cc2)cc1. The molecule has 0 fully saturated rings. The van der Waals surface area contributed by atoms with Crippen molar-refractivity contribution in [3.63, 3.8) is 0 Å². The maximum absolute atomic E-state index is 6.82. The molecule has 5 heteroatoms. The first kappa shape index (κ1) is 33.5. The van der Waals surface area contributed by atoms with Gasteiger partial charge in [0, 0.05) is 65.4 Å². The molecule has 1 aliphatic rings. The van der Waals surface area contributed by atoms with Gasteiger partial charge in [0.05, 0.1) is 22.4 Å². The van der Waals surface area contributed by atoms with Crippen molar-refractivity contribution in [1.82, 2.24) is 4.57 Å². The largest absolute Gasteiger partial charge is 0.453 e. The highest BCUT2D eigenvalue weighted by molar-refractivity contribution is 7.25. The maximum atomic E-state index is 6.82. The lowest BCUT2D eigenvalue weighted by atomic mass is 10.0. The minimum Gasteiger partial charge on any atom is -0.453 e. The highest BCUT2D eigenvalue weighted by atomic mass is 32.1. The van der Waals surface area contributed by atoms with Gasteiger partial charge < -0.3 is 19.1 Å². The molecule has 3 heterocycles. The fourth-order valence-corrected chi connectivity index (χ4v) is 9.99. The average Bonchev–Trinajstić information content (AvgIpc) is 3.84. The van der Waals surface area contributed by atoms with E-state index in [0.29, 0.717) is 0 Å². The van der Waals surface area contributed by atoms with Crippen LogP contribution in [0.3, 0.4) is 0 Å². The number of benzene rings is 9. The first-order chi connectivity index (χ1) is 29.2. The second-order valence-corrected chi connectivity index (χ2v) is 16.1. The van der Waals surface area contributed by atoms with Crippen LogP contribution in [0.5, 0.6) is 11.5 Å². The van der Waals surface area contributed by atoms with E-state index in [4.69, 9.17) is 4.74 Å². The molecule has 11 aromatic rings. The van der Waals surface area contributed by atoms with Gasteiger partial charge in [0.15, 0.2) is 11.5 Å². The molecule has 0 aliphatic carbocycles. The number of nitrogens with zero attached hydrogens (tertiary/aromatic N) is 3. The van der Waals surface area contributed by atoms with Gasteiger partial charge in [-0.25, -0.2) is 0 Å². The molecule has 0 unspecified atom stereocenters. The van der Waals surface area contributed by atoms with E-state index in [9.17, 15) is 0 Å². The zero-order valence-electron chi connectivity index (χ0n) is 31.9. The fourth-order valence-electron chi connectivity index (χ4n) is 8.85. The first-order valence-electron chi connectivity index (χ1n) is 19.9. The lowest BCUT2D eigenvalue weighted by molar-refractivity contribution is 0.477. The van der Waals surface area contributed by atoms with E-state index in [1.165, 1.54) is 47.6 Å². The Morgan fingerprint density at radius 3 is 1.86 bits per heavy atom. The summed E-state index contributed by atoms with van der Waals surface area (Å²) in [7, 11) is 0.